The van der Waals surface area contributed by atoms with E-state index in [0.717, 1.165) is 11.9 Å². The molecule has 44 valence electrons. The Hall–Kier alpha value is -0.310. The van der Waals surface area contributed by atoms with Gasteiger partial charge in [-0.25, -0.2) is 0 Å². The van der Waals surface area contributed by atoms with E-state index in [2.05, 4.69) is 27.1 Å². The van der Waals surface area contributed by atoms with E-state index >= 15 is 0 Å². The lowest BCUT2D eigenvalue weighted by Crippen LogP contribution is -2.08. The van der Waals surface area contributed by atoms with E-state index in [9.17, 15) is 0 Å². The van der Waals surface area contributed by atoms with Crippen LogP contribution in [0.5, 0.6) is 0 Å². The van der Waals surface area contributed by atoms with Crippen LogP contribution in [-0.2, 0) is 0 Å². The van der Waals surface area contributed by atoms with Gasteiger partial charge in [0.1, 0.15) is 0 Å². The molecule has 0 radical (unpaired) electrons. The fraction of sp³-hybridized carbons (Fsp3) is 0.400. The molecule has 1 aliphatic rings. The van der Waals surface area contributed by atoms with Crippen LogP contribution in [0.4, 0.5) is 0 Å². The highest BCUT2D eigenvalue weighted by atomic mass is 79.9. The van der Waals surface area contributed by atoms with E-state index in [1.165, 1.54) is 0 Å². The van der Waals surface area contributed by atoms with E-state index in [0.29, 0.717) is 0 Å². The summed E-state index contributed by atoms with van der Waals surface area (Å²) in [5, 5.41) is 5.85. The van der Waals surface area contributed by atoms with Crippen LogP contribution in [-0.4, -0.2) is 16.7 Å². The summed E-state index contributed by atoms with van der Waals surface area (Å²) < 4.78 is 0. The zero-order valence-electron chi connectivity index (χ0n) is 4.42. The van der Waals surface area contributed by atoms with Gasteiger partial charge >= 0.3 is 0 Å². The number of nitrogens with zero attached hydrogens (tertiary/aromatic N) is 2. The van der Waals surface area contributed by atoms with Crippen LogP contribution in [0.25, 0.3) is 0 Å². The van der Waals surface area contributed by atoms with Crippen molar-refractivity contribution in [2.24, 2.45) is 5.10 Å². The second-order valence-corrected chi connectivity index (χ2v) is 1.98. The van der Waals surface area contributed by atoms with Crippen LogP contribution in [0.3, 0.4) is 0 Å². The Morgan fingerprint density at radius 3 is 3.00 bits per heavy atom. The first-order valence-electron chi connectivity index (χ1n) is 2.45. The normalized spacial score (nSPS) is 17.4. The van der Waals surface area contributed by atoms with Crippen molar-refractivity contribution in [1.29, 1.82) is 0 Å². The van der Waals surface area contributed by atoms with Gasteiger partial charge in [-0.3, -0.25) is 5.01 Å². The highest BCUT2D eigenvalue weighted by Crippen LogP contribution is 1.99. The highest BCUT2D eigenvalue weighted by molar-refractivity contribution is 9.09. The van der Waals surface area contributed by atoms with Crippen LogP contribution in [0, 0.1) is 0 Å². The molecule has 0 aromatic rings. The van der Waals surface area contributed by atoms with Crippen LogP contribution in [0.1, 0.15) is 6.42 Å². The minimum Gasteiger partial charge on any atom is -0.263 e. The third kappa shape index (κ3) is 1.33. The number of halogens is 1. The number of rotatable bonds is 1. The molecule has 2 nitrogen and oxygen atoms in total. The second-order valence-electron chi connectivity index (χ2n) is 1.48. The average molecular weight is 175 g/mol. The summed E-state index contributed by atoms with van der Waals surface area (Å²) in [5.74, 6) is 0. The van der Waals surface area contributed by atoms with E-state index < -0.39 is 0 Å². The van der Waals surface area contributed by atoms with Gasteiger partial charge in [0.2, 0.25) is 0 Å². The maximum absolute atomic E-state index is 4.02. The first-order chi connectivity index (χ1) is 3.93. The third-order valence-electron chi connectivity index (χ3n) is 0.871. The van der Waals surface area contributed by atoms with Gasteiger partial charge in [0.15, 0.2) is 0 Å². The first-order valence-corrected chi connectivity index (χ1v) is 3.57. The fourth-order valence-corrected chi connectivity index (χ4v) is 0.801. The minimum absolute atomic E-state index is 0.778. The van der Waals surface area contributed by atoms with Crippen LogP contribution >= 0.6 is 15.9 Å². The molecule has 0 saturated heterocycles. The molecule has 1 heterocycles. The Labute approximate surface area is 57.0 Å². The van der Waals surface area contributed by atoms with Crippen LogP contribution in [0.2, 0.25) is 0 Å². The second kappa shape index (κ2) is 2.87. The molecule has 0 aromatic heterocycles. The van der Waals surface area contributed by atoms with Gasteiger partial charge in [0, 0.05) is 18.8 Å². The van der Waals surface area contributed by atoms with Crippen LogP contribution < -0.4 is 0 Å². The summed E-state index contributed by atoms with van der Waals surface area (Å²) in [5.41, 5.74) is 0.778. The standard InChI is InChI=1S/C5H7BrN2/c6-5-8-4-2-1-3-7-8/h2-4H,1,5H2. The molecule has 0 unspecified atom stereocenters. The molecule has 1 rings (SSSR count). The largest absolute Gasteiger partial charge is 0.263 e. The van der Waals surface area contributed by atoms with Gasteiger partial charge in [-0.05, 0) is 0 Å². The summed E-state index contributed by atoms with van der Waals surface area (Å²) in [7, 11) is 0. The predicted octanol–water partition coefficient (Wildman–Crippen LogP) is 1.54. The Balaban J connectivity index is 2.42. The maximum atomic E-state index is 4.02. The molecule has 0 spiro atoms. The summed E-state index contributed by atoms with van der Waals surface area (Å²) in [6.45, 7) is 0. The van der Waals surface area contributed by atoms with Gasteiger partial charge in [-0.15, -0.1) is 0 Å². The molecule has 3 heteroatoms. The summed E-state index contributed by atoms with van der Waals surface area (Å²) in [6.07, 6.45) is 6.85. The van der Waals surface area contributed by atoms with E-state index in [1.54, 1.807) is 0 Å². The van der Waals surface area contributed by atoms with Gasteiger partial charge in [-0.1, -0.05) is 22.0 Å². The predicted molar refractivity (Wildman–Crippen MR) is 37.9 cm³/mol. The molecule has 0 fully saturated rings. The molecule has 0 amide bonds. The molecule has 0 N–H and O–H groups in total. The summed E-state index contributed by atoms with van der Waals surface area (Å²) in [6, 6.07) is 0. The third-order valence-corrected chi connectivity index (χ3v) is 1.39. The topological polar surface area (TPSA) is 15.6 Å². The number of hydrazone groups is 1. The maximum Gasteiger partial charge on any atom is 0.0959 e. The van der Waals surface area contributed by atoms with Gasteiger partial charge in [0.05, 0.1) is 5.45 Å². The molecular formula is C5H7BrN2. The molecule has 0 saturated carbocycles. The lowest BCUT2D eigenvalue weighted by Gasteiger charge is -2.11. The number of hydrogen-bond acceptors (Lipinski definition) is 2. The van der Waals surface area contributed by atoms with Crippen molar-refractivity contribution < 1.29 is 0 Å². The first kappa shape index (κ1) is 5.82. The lowest BCUT2D eigenvalue weighted by molar-refractivity contribution is 0.471. The van der Waals surface area contributed by atoms with Crippen molar-refractivity contribution in [2.75, 3.05) is 5.45 Å². The fourth-order valence-electron chi connectivity index (χ4n) is 0.505. The van der Waals surface area contributed by atoms with Crippen molar-refractivity contribution in [2.45, 2.75) is 6.42 Å². The number of hydrogen-bond donors (Lipinski definition) is 0. The van der Waals surface area contributed by atoms with Gasteiger partial charge in [-0.2, -0.15) is 5.10 Å². The zero-order chi connectivity index (χ0) is 5.82. The van der Waals surface area contributed by atoms with Gasteiger partial charge in [0.25, 0.3) is 0 Å². The van der Waals surface area contributed by atoms with E-state index in [1.807, 2.05) is 17.4 Å². The van der Waals surface area contributed by atoms with E-state index in [4.69, 9.17) is 0 Å². The summed E-state index contributed by atoms with van der Waals surface area (Å²) >= 11 is 3.27. The molecular weight excluding hydrogens is 168 g/mol. The number of alkyl halides is 1. The molecule has 0 aromatic carbocycles. The quantitative estimate of drug-likeness (QED) is 0.436. The number of allylic oxidation sites excluding steroid dienone is 1. The minimum atomic E-state index is 0.778. The monoisotopic (exact) mass is 174 g/mol. The SMILES string of the molecule is BrCN1C=CCC=N1. The molecule has 8 heavy (non-hydrogen) atoms. The smallest absolute Gasteiger partial charge is 0.0959 e. The van der Waals surface area contributed by atoms with Crippen LogP contribution in [0.15, 0.2) is 17.4 Å². The Morgan fingerprint density at radius 1 is 1.75 bits per heavy atom. The Bertz CT molecular complexity index is 108. The van der Waals surface area contributed by atoms with Crippen molar-refractivity contribution >= 4 is 22.1 Å². The highest BCUT2D eigenvalue weighted by Gasteiger charge is 1.92. The average Bonchev–Trinajstić information content (AvgIpc) is 1.90. The summed E-state index contributed by atoms with van der Waals surface area (Å²) in [4.78, 5) is 0. The zero-order valence-corrected chi connectivity index (χ0v) is 6.00. The Morgan fingerprint density at radius 2 is 2.62 bits per heavy atom. The van der Waals surface area contributed by atoms with E-state index in [-0.39, 0.29) is 0 Å². The lowest BCUT2D eigenvalue weighted by atomic mass is 10.4. The van der Waals surface area contributed by atoms with Crippen molar-refractivity contribution in [3.8, 4) is 0 Å². The van der Waals surface area contributed by atoms with Gasteiger partial charge < -0.3 is 0 Å². The van der Waals surface area contributed by atoms with Crippen molar-refractivity contribution in [3.63, 3.8) is 0 Å². The molecule has 1 aliphatic heterocycles. The van der Waals surface area contributed by atoms with Crippen molar-refractivity contribution in [3.05, 3.63) is 12.3 Å². The molecule has 0 aliphatic carbocycles. The Kier molecular flexibility index (Phi) is 2.09. The molecule has 0 bridgehead atoms. The molecule has 0 atom stereocenters. The van der Waals surface area contributed by atoms with Crippen molar-refractivity contribution in [1.82, 2.24) is 5.01 Å².